The number of aliphatic imine (C=N–C) groups is 1. The summed E-state index contributed by atoms with van der Waals surface area (Å²) in [5, 5.41) is 0. The molecule has 0 atom stereocenters. The van der Waals surface area contributed by atoms with Crippen LogP contribution in [-0.4, -0.2) is 18.5 Å². The number of ether oxygens (including phenoxy) is 2. The normalized spacial score (nSPS) is 15.4. The van der Waals surface area contributed by atoms with Gasteiger partial charge in [-0.2, -0.15) is 0 Å². The molecule has 0 bridgehead atoms. The van der Waals surface area contributed by atoms with Crippen LogP contribution < -0.4 is 4.74 Å². The maximum Gasteiger partial charge on any atom is 0.363 e. The summed E-state index contributed by atoms with van der Waals surface area (Å²) in [7, 11) is 0. The molecular formula is C21H21NO3. The molecule has 0 saturated carbocycles. The van der Waals surface area contributed by atoms with Gasteiger partial charge in [-0.05, 0) is 35.3 Å². The third kappa shape index (κ3) is 4.57. The van der Waals surface area contributed by atoms with Gasteiger partial charge in [0.1, 0.15) is 5.75 Å². The number of hydrogen-bond acceptors (Lipinski definition) is 4. The van der Waals surface area contributed by atoms with Crippen LogP contribution in [0.5, 0.6) is 5.75 Å². The van der Waals surface area contributed by atoms with Crippen LogP contribution in [0.2, 0.25) is 0 Å². The van der Waals surface area contributed by atoms with Crippen molar-refractivity contribution in [2.45, 2.75) is 26.2 Å². The van der Waals surface area contributed by atoms with E-state index >= 15 is 0 Å². The number of hydrogen-bond donors (Lipinski definition) is 0. The van der Waals surface area contributed by atoms with Gasteiger partial charge in [-0.1, -0.05) is 56.3 Å². The van der Waals surface area contributed by atoms with Crippen molar-refractivity contribution in [2.75, 3.05) is 6.61 Å². The van der Waals surface area contributed by atoms with E-state index < -0.39 is 5.97 Å². The van der Waals surface area contributed by atoms with E-state index in [2.05, 4.69) is 31.0 Å². The zero-order valence-corrected chi connectivity index (χ0v) is 14.4. The molecule has 0 aromatic heterocycles. The molecule has 4 heteroatoms. The second-order valence-electron chi connectivity index (χ2n) is 6.16. The lowest BCUT2D eigenvalue weighted by Gasteiger charge is -2.04. The minimum atomic E-state index is -0.414. The summed E-state index contributed by atoms with van der Waals surface area (Å²) in [5.41, 5.74) is 2.52. The van der Waals surface area contributed by atoms with E-state index in [4.69, 9.17) is 9.47 Å². The molecule has 128 valence electrons. The van der Waals surface area contributed by atoms with Crippen molar-refractivity contribution in [1.82, 2.24) is 0 Å². The summed E-state index contributed by atoms with van der Waals surface area (Å²) in [5.74, 6) is 1.24. The zero-order chi connectivity index (χ0) is 17.6. The molecule has 1 aliphatic heterocycles. The first-order valence-corrected chi connectivity index (χ1v) is 8.41. The van der Waals surface area contributed by atoms with Gasteiger partial charge >= 0.3 is 5.97 Å². The first kappa shape index (κ1) is 17.0. The number of nitrogens with zero attached hydrogens (tertiary/aromatic N) is 1. The highest BCUT2D eigenvalue weighted by Crippen LogP contribution is 2.20. The molecule has 0 fully saturated rings. The van der Waals surface area contributed by atoms with Crippen molar-refractivity contribution in [3.05, 3.63) is 71.4 Å². The SMILES string of the molecule is CC(C)c1ccc(/C=C2/N=C(CCOc3ccccc3)OC2=O)cc1. The van der Waals surface area contributed by atoms with Crippen LogP contribution >= 0.6 is 0 Å². The average Bonchev–Trinajstić information content (AvgIpc) is 2.96. The Bertz CT molecular complexity index is 790. The first-order chi connectivity index (χ1) is 12.1. The molecule has 3 rings (SSSR count). The third-order valence-corrected chi connectivity index (χ3v) is 3.90. The highest BCUT2D eigenvalue weighted by atomic mass is 16.6. The number of esters is 1. The highest BCUT2D eigenvalue weighted by molar-refractivity contribution is 6.07. The fourth-order valence-electron chi connectivity index (χ4n) is 2.47. The average molecular weight is 335 g/mol. The molecule has 0 spiro atoms. The van der Waals surface area contributed by atoms with Crippen molar-refractivity contribution in [3.8, 4) is 5.75 Å². The minimum absolute atomic E-state index is 0.326. The molecule has 4 nitrogen and oxygen atoms in total. The fraction of sp³-hybridized carbons (Fsp3) is 0.238. The quantitative estimate of drug-likeness (QED) is 0.574. The van der Waals surface area contributed by atoms with Gasteiger partial charge < -0.3 is 9.47 Å². The van der Waals surface area contributed by atoms with Crippen molar-refractivity contribution in [2.24, 2.45) is 4.99 Å². The van der Waals surface area contributed by atoms with Crippen LogP contribution in [0, 0.1) is 0 Å². The Labute approximate surface area is 147 Å². The van der Waals surface area contributed by atoms with E-state index in [1.807, 2.05) is 42.5 Å². The molecule has 0 N–H and O–H groups in total. The second kappa shape index (κ2) is 7.79. The standard InChI is InChI=1S/C21H21NO3/c1-15(2)17-10-8-16(9-11-17)14-19-21(23)25-20(22-19)12-13-24-18-6-4-3-5-7-18/h3-11,14-15H,12-13H2,1-2H3/b19-14+. The molecule has 2 aromatic rings. The molecule has 2 aromatic carbocycles. The summed E-state index contributed by atoms with van der Waals surface area (Å²) < 4.78 is 10.8. The van der Waals surface area contributed by atoms with E-state index in [0.29, 0.717) is 30.5 Å². The molecule has 0 amide bonds. The number of carbonyl (C=O) groups excluding carboxylic acids is 1. The number of rotatable bonds is 6. The molecule has 25 heavy (non-hydrogen) atoms. The smallest absolute Gasteiger partial charge is 0.363 e. The van der Waals surface area contributed by atoms with Crippen LogP contribution in [0.3, 0.4) is 0 Å². The van der Waals surface area contributed by atoms with Crippen LogP contribution in [0.1, 0.15) is 37.3 Å². The summed E-state index contributed by atoms with van der Waals surface area (Å²) in [6, 6.07) is 17.6. The van der Waals surface area contributed by atoms with Gasteiger partial charge in [-0.15, -0.1) is 0 Å². The maximum absolute atomic E-state index is 12.0. The maximum atomic E-state index is 12.0. The second-order valence-corrected chi connectivity index (χ2v) is 6.16. The molecule has 0 saturated heterocycles. The van der Waals surface area contributed by atoms with E-state index in [1.165, 1.54) is 5.56 Å². The van der Waals surface area contributed by atoms with Crippen molar-refractivity contribution in [3.63, 3.8) is 0 Å². The Morgan fingerprint density at radius 2 is 1.80 bits per heavy atom. The van der Waals surface area contributed by atoms with Crippen molar-refractivity contribution < 1.29 is 14.3 Å². The predicted molar refractivity (Wildman–Crippen MR) is 98.6 cm³/mol. The number of para-hydroxylation sites is 1. The Kier molecular flexibility index (Phi) is 5.29. The largest absolute Gasteiger partial charge is 0.493 e. The highest BCUT2D eigenvalue weighted by Gasteiger charge is 2.22. The molecule has 1 heterocycles. The number of carbonyl (C=O) groups is 1. The summed E-state index contributed by atoms with van der Waals surface area (Å²) >= 11 is 0. The monoisotopic (exact) mass is 335 g/mol. The van der Waals surface area contributed by atoms with Gasteiger partial charge in [0.05, 0.1) is 13.0 Å². The minimum Gasteiger partial charge on any atom is -0.493 e. The number of benzene rings is 2. The van der Waals surface area contributed by atoms with Crippen LogP contribution in [0.15, 0.2) is 65.3 Å². The summed E-state index contributed by atoms with van der Waals surface area (Å²) in [4.78, 5) is 16.2. The molecule has 1 aliphatic rings. The Morgan fingerprint density at radius 3 is 2.48 bits per heavy atom. The lowest BCUT2D eigenvalue weighted by Crippen LogP contribution is -2.08. The summed E-state index contributed by atoms with van der Waals surface area (Å²) in [6.07, 6.45) is 2.20. The lowest BCUT2D eigenvalue weighted by molar-refractivity contribution is -0.130. The van der Waals surface area contributed by atoms with Crippen molar-refractivity contribution in [1.29, 1.82) is 0 Å². The molecule has 0 radical (unpaired) electrons. The Morgan fingerprint density at radius 1 is 1.08 bits per heavy atom. The molecule has 0 unspecified atom stereocenters. The third-order valence-electron chi connectivity index (χ3n) is 3.90. The van der Waals surface area contributed by atoms with Gasteiger partial charge in [-0.3, -0.25) is 0 Å². The van der Waals surface area contributed by atoms with Crippen molar-refractivity contribution >= 4 is 17.9 Å². The topological polar surface area (TPSA) is 47.9 Å². The molecule has 0 aliphatic carbocycles. The van der Waals surface area contributed by atoms with E-state index in [1.54, 1.807) is 6.08 Å². The molecular weight excluding hydrogens is 314 g/mol. The Hall–Kier alpha value is -2.88. The first-order valence-electron chi connectivity index (χ1n) is 8.41. The van der Waals surface area contributed by atoms with E-state index in [-0.39, 0.29) is 0 Å². The summed E-state index contributed by atoms with van der Waals surface area (Å²) in [6.45, 7) is 4.71. The van der Waals surface area contributed by atoms with E-state index in [0.717, 1.165) is 11.3 Å². The zero-order valence-electron chi connectivity index (χ0n) is 14.4. The van der Waals surface area contributed by atoms with Crippen LogP contribution in [0.4, 0.5) is 0 Å². The van der Waals surface area contributed by atoms with Gasteiger partial charge in [0.2, 0.25) is 5.90 Å². The van der Waals surface area contributed by atoms with Crippen LogP contribution in [-0.2, 0) is 9.53 Å². The van der Waals surface area contributed by atoms with Gasteiger partial charge in [-0.25, -0.2) is 9.79 Å². The van der Waals surface area contributed by atoms with E-state index in [9.17, 15) is 4.79 Å². The van der Waals surface area contributed by atoms with Crippen LogP contribution in [0.25, 0.3) is 6.08 Å². The van der Waals surface area contributed by atoms with Gasteiger partial charge in [0.25, 0.3) is 0 Å². The number of cyclic esters (lactones) is 1. The van der Waals surface area contributed by atoms with Gasteiger partial charge in [0, 0.05) is 0 Å². The lowest BCUT2D eigenvalue weighted by atomic mass is 10.0. The Balaban J connectivity index is 1.61. The predicted octanol–water partition coefficient (Wildman–Crippen LogP) is 4.58. The van der Waals surface area contributed by atoms with Gasteiger partial charge in [0.15, 0.2) is 5.70 Å². The fourth-order valence-corrected chi connectivity index (χ4v) is 2.47.